The smallest absolute Gasteiger partial charge is 0.306 e. The first-order valence-corrected chi connectivity index (χ1v) is 14.6. The minimum atomic E-state index is -0.0206. The van der Waals surface area contributed by atoms with E-state index in [-0.39, 0.29) is 22.9 Å². The van der Waals surface area contributed by atoms with Gasteiger partial charge in [-0.15, -0.1) is 11.3 Å². The molecular formula is C29H43NO3S. The molecule has 0 aromatic carbocycles. The van der Waals surface area contributed by atoms with Crippen molar-refractivity contribution < 1.29 is 14.3 Å². The first-order chi connectivity index (χ1) is 16.2. The molecule has 5 rings (SSSR count). The number of carbonyl (C=O) groups is 2. The summed E-state index contributed by atoms with van der Waals surface area (Å²) in [4.78, 5) is 28.5. The van der Waals surface area contributed by atoms with E-state index in [0.29, 0.717) is 24.3 Å². The molecule has 1 aromatic rings. The van der Waals surface area contributed by atoms with E-state index < -0.39 is 0 Å². The summed E-state index contributed by atoms with van der Waals surface area (Å²) in [5, 5.41) is 2.10. The van der Waals surface area contributed by atoms with Crippen molar-refractivity contribution >= 4 is 23.2 Å². The van der Waals surface area contributed by atoms with Crippen LogP contribution in [0.3, 0.4) is 0 Å². The standard InChI is InChI=1S/C29H43NO3S/c1-19(33-27(32)9-5-7-20-8-6-18-34-20)22-11-12-23-21-10-13-25-29(3,17-15-26(31)30(25)4)24(21)14-16-28(22,23)2/h6,8,18-19,21-25H,5,7,9-17H2,1-4H3/t19?,21-,22+,23-,24-,25+,28+,29+/m0/s1. The lowest BCUT2D eigenvalue weighted by Crippen LogP contribution is -2.61. The van der Waals surface area contributed by atoms with Crippen LogP contribution in [-0.4, -0.2) is 36.0 Å². The predicted molar refractivity (Wildman–Crippen MR) is 136 cm³/mol. The molecule has 4 fully saturated rings. The van der Waals surface area contributed by atoms with Crippen LogP contribution in [0.15, 0.2) is 17.5 Å². The molecule has 3 saturated carbocycles. The maximum atomic E-state index is 12.6. The number of thiophene rings is 1. The van der Waals surface area contributed by atoms with Crippen LogP contribution < -0.4 is 0 Å². The average Bonchev–Trinajstić information content (AvgIpc) is 3.44. The number of nitrogens with zero attached hydrogens (tertiary/aromatic N) is 1. The quantitative estimate of drug-likeness (QED) is 0.433. The highest BCUT2D eigenvalue weighted by Crippen LogP contribution is 2.66. The average molecular weight is 486 g/mol. The first kappa shape index (κ1) is 24.3. The van der Waals surface area contributed by atoms with Gasteiger partial charge in [-0.25, -0.2) is 0 Å². The minimum Gasteiger partial charge on any atom is -0.462 e. The van der Waals surface area contributed by atoms with E-state index in [1.807, 2.05) is 7.05 Å². The van der Waals surface area contributed by atoms with Crippen molar-refractivity contribution in [2.24, 2.45) is 34.5 Å². The number of likely N-dealkylation sites (tertiary alicyclic amines) is 1. The second-order valence-electron chi connectivity index (χ2n) is 12.3. The van der Waals surface area contributed by atoms with Gasteiger partial charge in [0.1, 0.15) is 6.10 Å². The maximum Gasteiger partial charge on any atom is 0.306 e. The summed E-state index contributed by atoms with van der Waals surface area (Å²) in [7, 11) is 2.04. The number of esters is 1. The number of ether oxygens (including phenoxy) is 1. The highest BCUT2D eigenvalue weighted by molar-refractivity contribution is 7.09. The fraction of sp³-hybridized carbons (Fsp3) is 0.793. The summed E-state index contributed by atoms with van der Waals surface area (Å²) in [5.74, 6) is 3.02. The molecule has 188 valence electrons. The molecule has 1 saturated heterocycles. The Balaban J connectivity index is 1.22. The van der Waals surface area contributed by atoms with Gasteiger partial charge in [-0.05, 0) is 105 Å². The van der Waals surface area contributed by atoms with Crippen LogP contribution >= 0.6 is 11.3 Å². The summed E-state index contributed by atoms with van der Waals surface area (Å²) < 4.78 is 6.06. The SMILES string of the molecule is CC(OC(=O)CCCc1cccs1)[C@H]1CC[C@H]2[C@@H]3CC[C@H]4N(C)C(=O)CC[C@]4(C)[C@H]3CC[C@]12C. The van der Waals surface area contributed by atoms with Crippen molar-refractivity contribution in [1.82, 2.24) is 4.90 Å². The Morgan fingerprint density at radius 2 is 1.94 bits per heavy atom. The number of hydrogen-bond donors (Lipinski definition) is 0. The van der Waals surface area contributed by atoms with E-state index in [4.69, 9.17) is 4.74 Å². The van der Waals surface area contributed by atoms with E-state index in [2.05, 4.69) is 43.2 Å². The van der Waals surface area contributed by atoms with E-state index >= 15 is 0 Å². The Morgan fingerprint density at radius 1 is 1.15 bits per heavy atom. The van der Waals surface area contributed by atoms with Crippen LogP contribution in [0, 0.1) is 34.5 Å². The second kappa shape index (κ2) is 9.26. The third kappa shape index (κ3) is 4.04. The number of aryl methyl sites for hydroxylation is 1. The van der Waals surface area contributed by atoms with Crippen molar-refractivity contribution in [3.05, 3.63) is 22.4 Å². The summed E-state index contributed by atoms with van der Waals surface area (Å²) in [6.45, 7) is 7.16. The molecule has 1 unspecified atom stereocenters. The summed E-state index contributed by atoms with van der Waals surface area (Å²) in [6, 6.07) is 4.64. The number of piperidine rings is 1. The van der Waals surface area contributed by atoms with Crippen molar-refractivity contribution in [1.29, 1.82) is 0 Å². The molecule has 1 amide bonds. The summed E-state index contributed by atoms with van der Waals surface area (Å²) >= 11 is 1.77. The van der Waals surface area contributed by atoms with Crippen LogP contribution in [0.1, 0.15) is 89.9 Å². The molecule has 2 heterocycles. The van der Waals surface area contributed by atoms with Crippen molar-refractivity contribution in [2.75, 3.05) is 7.05 Å². The van der Waals surface area contributed by atoms with Gasteiger partial charge in [-0.2, -0.15) is 0 Å². The Bertz CT molecular complexity index is 899. The molecule has 8 atom stereocenters. The van der Waals surface area contributed by atoms with Crippen LogP contribution in [0.2, 0.25) is 0 Å². The Kier molecular flexibility index (Phi) is 6.63. The fourth-order valence-electron chi connectivity index (χ4n) is 9.17. The lowest BCUT2D eigenvalue weighted by molar-refractivity contribution is -0.164. The Labute approximate surface area is 209 Å². The molecule has 1 aromatic heterocycles. The molecule has 0 spiro atoms. The normalized spacial score (nSPS) is 40.3. The van der Waals surface area contributed by atoms with Gasteiger partial charge in [0.05, 0.1) is 0 Å². The third-order valence-corrected chi connectivity index (χ3v) is 11.8. The van der Waals surface area contributed by atoms with Crippen molar-refractivity contribution in [3.63, 3.8) is 0 Å². The second-order valence-corrected chi connectivity index (χ2v) is 13.4. The Morgan fingerprint density at radius 3 is 2.71 bits per heavy atom. The monoisotopic (exact) mass is 485 g/mol. The number of fused-ring (bicyclic) bond motifs is 5. The molecule has 3 aliphatic carbocycles. The largest absolute Gasteiger partial charge is 0.462 e. The van der Waals surface area contributed by atoms with Gasteiger partial charge in [0.15, 0.2) is 0 Å². The first-order valence-electron chi connectivity index (χ1n) is 13.7. The zero-order valence-electron chi connectivity index (χ0n) is 21.6. The summed E-state index contributed by atoms with van der Waals surface area (Å²) in [6.07, 6.45) is 11.5. The van der Waals surface area contributed by atoms with Crippen LogP contribution in [-0.2, 0) is 20.7 Å². The number of amides is 1. The molecule has 1 aliphatic heterocycles. The lowest BCUT2D eigenvalue weighted by Gasteiger charge is -2.62. The van der Waals surface area contributed by atoms with Gasteiger partial charge in [-0.3, -0.25) is 9.59 Å². The molecule has 0 bridgehead atoms. The number of hydrogen-bond acceptors (Lipinski definition) is 4. The number of carbonyl (C=O) groups excluding carboxylic acids is 2. The lowest BCUT2D eigenvalue weighted by atomic mass is 9.46. The van der Waals surface area contributed by atoms with E-state index in [0.717, 1.165) is 49.9 Å². The number of rotatable bonds is 6. The van der Waals surface area contributed by atoms with Gasteiger partial charge in [0.2, 0.25) is 5.91 Å². The molecule has 4 aliphatic rings. The predicted octanol–water partition coefficient (Wildman–Crippen LogP) is 6.48. The molecule has 0 radical (unpaired) electrons. The summed E-state index contributed by atoms with van der Waals surface area (Å²) in [5.41, 5.74) is 0.545. The molecule has 5 heteroatoms. The van der Waals surface area contributed by atoms with E-state index in [9.17, 15) is 9.59 Å². The van der Waals surface area contributed by atoms with Crippen molar-refractivity contribution in [3.8, 4) is 0 Å². The third-order valence-electron chi connectivity index (χ3n) is 10.9. The fourth-order valence-corrected chi connectivity index (χ4v) is 9.92. The molecule has 0 N–H and O–H groups in total. The molecule has 34 heavy (non-hydrogen) atoms. The highest BCUT2D eigenvalue weighted by atomic mass is 32.1. The van der Waals surface area contributed by atoms with Gasteiger partial charge in [0.25, 0.3) is 0 Å². The van der Waals surface area contributed by atoms with Crippen LogP contribution in [0.5, 0.6) is 0 Å². The van der Waals surface area contributed by atoms with E-state index in [1.54, 1.807) is 11.3 Å². The van der Waals surface area contributed by atoms with Gasteiger partial charge < -0.3 is 9.64 Å². The maximum absolute atomic E-state index is 12.6. The Hall–Kier alpha value is -1.36. The van der Waals surface area contributed by atoms with Gasteiger partial charge >= 0.3 is 5.97 Å². The minimum absolute atomic E-state index is 0.00569. The van der Waals surface area contributed by atoms with Crippen LogP contribution in [0.25, 0.3) is 0 Å². The topological polar surface area (TPSA) is 46.6 Å². The van der Waals surface area contributed by atoms with Crippen molar-refractivity contribution in [2.45, 2.75) is 104 Å². The zero-order chi connectivity index (χ0) is 24.1. The van der Waals surface area contributed by atoms with Gasteiger partial charge in [0, 0.05) is 36.7 Å². The van der Waals surface area contributed by atoms with E-state index in [1.165, 1.54) is 37.0 Å². The molecular weight excluding hydrogens is 442 g/mol. The van der Waals surface area contributed by atoms with Gasteiger partial charge in [-0.1, -0.05) is 19.9 Å². The molecule has 4 nitrogen and oxygen atoms in total. The highest BCUT2D eigenvalue weighted by Gasteiger charge is 2.61. The van der Waals surface area contributed by atoms with Crippen LogP contribution in [0.4, 0.5) is 0 Å². The zero-order valence-corrected chi connectivity index (χ0v) is 22.4.